The smallest absolute Gasteiger partial charge is 0.225 e. The molecule has 0 aromatic heterocycles. The van der Waals surface area contributed by atoms with Crippen molar-refractivity contribution in [3.63, 3.8) is 0 Å². The first-order chi connectivity index (χ1) is 7.71. The van der Waals surface area contributed by atoms with E-state index in [1.54, 1.807) is 0 Å². The summed E-state index contributed by atoms with van der Waals surface area (Å²) in [7, 11) is 0. The molecule has 0 radical (unpaired) electrons. The van der Waals surface area contributed by atoms with E-state index in [4.69, 9.17) is 5.73 Å². The van der Waals surface area contributed by atoms with Gasteiger partial charge in [0, 0.05) is 25.6 Å². The van der Waals surface area contributed by atoms with E-state index in [9.17, 15) is 4.79 Å². The number of nitrogens with zero attached hydrogens (tertiary/aromatic N) is 1. The molecule has 0 fully saturated rings. The van der Waals surface area contributed by atoms with Crippen LogP contribution in [0.5, 0.6) is 0 Å². The Kier molecular flexibility index (Phi) is 9.30. The van der Waals surface area contributed by atoms with Crippen molar-refractivity contribution in [2.45, 2.75) is 52.9 Å². The summed E-state index contributed by atoms with van der Waals surface area (Å²) in [6.45, 7) is 8.50. The molecule has 0 saturated heterocycles. The van der Waals surface area contributed by atoms with Gasteiger partial charge in [-0.05, 0) is 19.3 Å². The van der Waals surface area contributed by atoms with Crippen molar-refractivity contribution in [2.75, 3.05) is 19.6 Å². The highest BCUT2D eigenvalue weighted by Crippen LogP contribution is 2.16. The quantitative estimate of drug-likeness (QED) is 0.658. The number of carbonyl (C=O) groups is 1. The minimum Gasteiger partial charge on any atom is -0.341 e. The van der Waals surface area contributed by atoms with Crippen LogP contribution in [-0.4, -0.2) is 30.4 Å². The molecule has 2 N–H and O–H groups in total. The van der Waals surface area contributed by atoms with Gasteiger partial charge >= 0.3 is 0 Å². The molecule has 0 bridgehead atoms. The normalized spacial score (nSPS) is 10.8. The standard InChI is InChI=1S/C13H28N2O/c1-4-7-12(8-5-2)13(16)15(10-6-3)11-9-14/h12H,4-11,14H2,1-3H3. The van der Waals surface area contributed by atoms with Gasteiger partial charge in [0.05, 0.1) is 0 Å². The van der Waals surface area contributed by atoms with Crippen LogP contribution in [0.4, 0.5) is 0 Å². The van der Waals surface area contributed by atoms with E-state index in [-0.39, 0.29) is 5.92 Å². The first kappa shape index (κ1) is 15.4. The topological polar surface area (TPSA) is 46.3 Å². The average Bonchev–Trinajstić information content (AvgIpc) is 2.27. The van der Waals surface area contributed by atoms with Gasteiger partial charge in [-0.1, -0.05) is 33.6 Å². The fraction of sp³-hybridized carbons (Fsp3) is 0.923. The minimum absolute atomic E-state index is 0.216. The van der Waals surface area contributed by atoms with E-state index in [0.717, 1.165) is 38.6 Å². The predicted octanol–water partition coefficient (Wildman–Crippen LogP) is 2.40. The van der Waals surface area contributed by atoms with Crippen LogP contribution in [0.2, 0.25) is 0 Å². The van der Waals surface area contributed by atoms with Gasteiger partial charge in [0.2, 0.25) is 5.91 Å². The third-order valence-corrected chi connectivity index (χ3v) is 2.83. The monoisotopic (exact) mass is 228 g/mol. The zero-order valence-electron chi connectivity index (χ0n) is 11.2. The maximum Gasteiger partial charge on any atom is 0.225 e. The SMILES string of the molecule is CCCC(CCC)C(=O)N(CCC)CCN. The number of amides is 1. The lowest BCUT2D eigenvalue weighted by Crippen LogP contribution is -2.39. The predicted molar refractivity (Wildman–Crippen MR) is 69.2 cm³/mol. The van der Waals surface area contributed by atoms with E-state index in [0.29, 0.717) is 19.0 Å². The Bertz CT molecular complexity index is 153. The summed E-state index contributed by atoms with van der Waals surface area (Å²) in [6, 6.07) is 0. The van der Waals surface area contributed by atoms with Gasteiger partial charge in [0.15, 0.2) is 0 Å². The van der Waals surface area contributed by atoms with E-state index in [1.807, 2.05) is 4.90 Å². The van der Waals surface area contributed by atoms with E-state index in [2.05, 4.69) is 20.8 Å². The molecule has 96 valence electrons. The van der Waals surface area contributed by atoms with E-state index in [1.165, 1.54) is 0 Å². The fourth-order valence-corrected chi connectivity index (χ4v) is 2.10. The maximum atomic E-state index is 12.3. The molecule has 0 aromatic carbocycles. The molecule has 0 aliphatic carbocycles. The molecule has 0 atom stereocenters. The second kappa shape index (κ2) is 9.64. The molecular weight excluding hydrogens is 200 g/mol. The van der Waals surface area contributed by atoms with E-state index >= 15 is 0 Å². The molecule has 0 aromatic rings. The van der Waals surface area contributed by atoms with Crippen LogP contribution >= 0.6 is 0 Å². The van der Waals surface area contributed by atoms with Crippen molar-refractivity contribution in [2.24, 2.45) is 11.7 Å². The second-order valence-corrected chi connectivity index (χ2v) is 4.39. The van der Waals surface area contributed by atoms with Crippen molar-refractivity contribution in [3.8, 4) is 0 Å². The van der Waals surface area contributed by atoms with Crippen LogP contribution < -0.4 is 5.73 Å². The van der Waals surface area contributed by atoms with Crippen LogP contribution in [0.15, 0.2) is 0 Å². The molecule has 0 unspecified atom stereocenters. The maximum absolute atomic E-state index is 12.3. The van der Waals surface area contributed by atoms with Gasteiger partial charge in [-0.3, -0.25) is 4.79 Å². The third-order valence-electron chi connectivity index (χ3n) is 2.83. The van der Waals surface area contributed by atoms with Crippen molar-refractivity contribution >= 4 is 5.91 Å². The molecule has 1 amide bonds. The highest BCUT2D eigenvalue weighted by atomic mass is 16.2. The lowest BCUT2D eigenvalue weighted by molar-refractivity contribution is -0.136. The summed E-state index contributed by atoms with van der Waals surface area (Å²) in [6.07, 6.45) is 5.20. The van der Waals surface area contributed by atoms with Crippen molar-refractivity contribution in [1.29, 1.82) is 0 Å². The van der Waals surface area contributed by atoms with Gasteiger partial charge in [-0.25, -0.2) is 0 Å². The van der Waals surface area contributed by atoms with Gasteiger partial charge in [0.25, 0.3) is 0 Å². The number of hydrogen-bond donors (Lipinski definition) is 1. The summed E-state index contributed by atoms with van der Waals surface area (Å²) in [5.74, 6) is 0.532. The summed E-state index contributed by atoms with van der Waals surface area (Å²) in [4.78, 5) is 14.2. The van der Waals surface area contributed by atoms with Crippen LogP contribution in [0, 0.1) is 5.92 Å². The number of hydrogen-bond acceptors (Lipinski definition) is 2. The zero-order chi connectivity index (χ0) is 12.4. The largest absolute Gasteiger partial charge is 0.341 e. The molecule has 3 heteroatoms. The van der Waals surface area contributed by atoms with E-state index < -0.39 is 0 Å². The Labute approximate surface area is 100 Å². The molecule has 16 heavy (non-hydrogen) atoms. The Hall–Kier alpha value is -0.570. The van der Waals surface area contributed by atoms with Gasteiger partial charge < -0.3 is 10.6 Å². The fourth-order valence-electron chi connectivity index (χ4n) is 2.10. The first-order valence-electron chi connectivity index (χ1n) is 6.69. The van der Waals surface area contributed by atoms with Crippen LogP contribution in [-0.2, 0) is 4.79 Å². The third kappa shape index (κ3) is 5.50. The van der Waals surface area contributed by atoms with Gasteiger partial charge in [0.1, 0.15) is 0 Å². The summed E-state index contributed by atoms with van der Waals surface area (Å²) in [5, 5.41) is 0. The zero-order valence-corrected chi connectivity index (χ0v) is 11.2. The summed E-state index contributed by atoms with van der Waals surface area (Å²) < 4.78 is 0. The molecule has 0 rings (SSSR count). The Balaban J connectivity index is 4.38. The number of rotatable bonds is 9. The average molecular weight is 228 g/mol. The van der Waals surface area contributed by atoms with Crippen molar-refractivity contribution in [3.05, 3.63) is 0 Å². The first-order valence-corrected chi connectivity index (χ1v) is 6.69. The molecule has 0 spiro atoms. The molecule has 0 saturated carbocycles. The van der Waals surface area contributed by atoms with Gasteiger partial charge in [-0.2, -0.15) is 0 Å². The molecule has 0 heterocycles. The number of nitrogens with two attached hydrogens (primary N) is 1. The molecule has 3 nitrogen and oxygen atoms in total. The van der Waals surface area contributed by atoms with Crippen molar-refractivity contribution in [1.82, 2.24) is 4.90 Å². The molecular formula is C13H28N2O. The lowest BCUT2D eigenvalue weighted by Gasteiger charge is -2.26. The number of carbonyl (C=O) groups excluding carboxylic acids is 1. The molecule has 0 aliphatic heterocycles. The highest BCUT2D eigenvalue weighted by molar-refractivity contribution is 5.78. The Morgan fingerprint density at radius 1 is 1.06 bits per heavy atom. The van der Waals surface area contributed by atoms with Crippen molar-refractivity contribution < 1.29 is 4.79 Å². The minimum atomic E-state index is 0.216. The second-order valence-electron chi connectivity index (χ2n) is 4.39. The highest BCUT2D eigenvalue weighted by Gasteiger charge is 2.21. The lowest BCUT2D eigenvalue weighted by atomic mass is 9.96. The molecule has 0 aliphatic rings. The van der Waals surface area contributed by atoms with Crippen LogP contribution in [0.1, 0.15) is 52.9 Å². The van der Waals surface area contributed by atoms with Gasteiger partial charge in [-0.15, -0.1) is 0 Å². The Morgan fingerprint density at radius 3 is 2.00 bits per heavy atom. The van der Waals surface area contributed by atoms with Crippen LogP contribution in [0.3, 0.4) is 0 Å². The Morgan fingerprint density at radius 2 is 1.62 bits per heavy atom. The van der Waals surface area contributed by atoms with Crippen LogP contribution in [0.25, 0.3) is 0 Å². The summed E-state index contributed by atoms with van der Waals surface area (Å²) in [5.41, 5.74) is 5.55. The summed E-state index contributed by atoms with van der Waals surface area (Å²) >= 11 is 0.